The topological polar surface area (TPSA) is 104 Å². The number of nitrogens with two attached hydrogens (primary N) is 1. The van der Waals surface area contributed by atoms with Crippen LogP contribution in [0.1, 0.15) is 33.4 Å². The molecule has 124 valence electrons. The number of fused-ring (bicyclic) bond motifs is 2. The lowest BCUT2D eigenvalue weighted by molar-refractivity contribution is -0.196. The van der Waals surface area contributed by atoms with E-state index in [9.17, 15) is 4.79 Å². The Morgan fingerprint density at radius 1 is 1.39 bits per heavy atom. The first kappa shape index (κ1) is 14.7. The fourth-order valence-corrected chi connectivity index (χ4v) is 3.48. The first-order chi connectivity index (χ1) is 10.9. The third-order valence-electron chi connectivity index (χ3n) is 4.40. The number of nitrogen functional groups attached to an aromatic ring is 1. The molecule has 2 aliphatic heterocycles. The van der Waals surface area contributed by atoms with Crippen LogP contribution in [0, 0.1) is 0 Å². The van der Waals surface area contributed by atoms with Crippen molar-refractivity contribution in [2.24, 2.45) is 0 Å². The third-order valence-corrected chi connectivity index (χ3v) is 4.40. The van der Waals surface area contributed by atoms with Gasteiger partial charge in [0.2, 0.25) is 5.95 Å². The van der Waals surface area contributed by atoms with Crippen LogP contribution in [-0.2, 0) is 14.2 Å². The van der Waals surface area contributed by atoms with E-state index in [1.807, 2.05) is 20.8 Å². The number of hydrogen-bond acceptors (Lipinski definition) is 6. The molecule has 2 fully saturated rings. The molecular formula is C15H20N4O4. The number of hydrogen-bond donors (Lipinski definition) is 2. The van der Waals surface area contributed by atoms with Crippen LogP contribution in [0.2, 0.25) is 0 Å². The number of aromatic amines is 1. The normalized spacial score (nSPS) is 32.5. The molecule has 2 aromatic rings. The van der Waals surface area contributed by atoms with Gasteiger partial charge in [0.15, 0.2) is 17.7 Å². The highest BCUT2D eigenvalue weighted by atomic mass is 16.8. The maximum Gasteiger partial charge on any atom is 0.261 e. The molecule has 0 saturated carbocycles. The third kappa shape index (κ3) is 2.17. The second-order valence-electron chi connectivity index (χ2n) is 6.45. The van der Waals surface area contributed by atoms with Crippen molar-refractivity contribution >= 4 is 17.0 Å². The summed E-state index contributed by atoms with van der Waals surface area (Å²) in [5.41, 5.74) is 5.90. The monoisotopic (exact) mass is 320 g/mol. The van der Waals surface area contributed by atoms with Gasteiger partial charge in [0, 0.05) is 6.20 Å². The number of anilines is 1. The molecule has 8 heteroatoms. The predicted octanol–water partition coefficient (Wildman–Crippen LogP) is 1.13. The maximum atomic E-state index is 12.0. The van der Waals surface area contributed by atoms with Gasteiger partial charge in [0.05, 0.1) is 11.5 Å². The summed E-state index contributed by atoms with van der Waals surface area (Å²) < 4.78 is 20.0. The minimum atomic E-state index is -0.655. The Labute approximate surface area is 132 Å². The smallest absolute Gasteiger partial charge is 0.261 e. The van der Waals surface area contributed by atoms with E-state index in [4.69, 9.17) is 19.9 Å². The summed E-state index contributed by atoms with van der Waals surface area (Å²) in [4.78, 5) is 18.7. The quantitative estimate of drug-likeness (QED) is 0.859. The molecule has 0 aliphatic carbocycles. The van der Waals surface area contributed by atoms with Gasteiger partial charge in [0.1, 0.15) is 12.2 Å². The Hall–Kier alpha value is -1.90. The molecule has 0 radical (unpaired) electrons. The van der Waals surface area contributed by atoms with E-state index in [-0.39, 0.29) is 29.8 Å². The van der Waals surface area contributed by atoms with Crippen LogP contribution in [-0.4, -0.2) is 38.6 Å². The zero-order chi connectivity index (χ0) is 16.4. The minimum Gasteiger partial charge on any atom is -0.369 e. The highest BCUT2D eigenvalue weighted by molar-refractivity contribution is 5.76. The van der Waals surface area contributed by atoms with Crippen molar-refractivity contribution in [3.05, 3.63) is 22.6 Å². The number of H-pyrrole nitrogens is 1. The average molecular weight is 320 g/mol. The van der Waals surface area contributed by atoms with Crippen molar-refractivity contribution in [3.63, 3.8) is 0 Å². The lowest BCUT2D eigenvalue weighted by atomic mass is 10.1. The molecular weight excluding hydrogens is 300 g/mol. The molecule has 4 rings (SSSR count). The van der Waals surface area contributed by atoms with Crippen LogP contribution in [0.3, 0.4) is 0 Å². The predicted molar refractivity (Wildman–Crippen MR) is 82.8 cm³/mol. The Bertz CT molecular complexity index is 811. The summed E-state index contributed by atoms with van der Waals surface area (Å²) in [7, 11) is 0. The SMILES string of the molecule is CC[C@H]1O[C@@H](n2ccc3c(=O)[nH]c(N)nc32)[C@H]2OC(C)(C)OC12. The van der Waals surface area contributed by atoms with Crippen LogP contribution < -0.4 is 11.3 Å². The van der Waals surface area contributed by atoms with Gasteiger partial charge in [-0.25, -0.2) is 0 Å². The van der Waals surface area contributed by atoms with Crippen LogP contribution >= 0.6 is 0 Å². The van der Waals surface area contributed by atoms with Gasteiger partial charge < -0.3 is 24.5 Å². The first-order valence-corrected chi connectivity index (χ1v) is 7.77. The minimum absolute atomic E-state index is 0.0661. The van der Waals surface area contributed by atoms with Crippen LogP contribution in [0.5, 0.6) is 0 Å². The van der Waals surface area contributed by atoms with Crippen molar-refractivity contribution in [1.82, 2.24) is 14.5 Å². The molecule has 3 N–H and O–H groups in total. The maximum absolute atomic E-state index is 12.0. The Balaban J connectivity index is 1.80. The Morgan fingerprint density at radius 3 is 2.87 bits per heavy atom. The summed E-state index contributed by atoms with van der Waals surface area (Å²) in [6.07, 6.45) is 1.72. The lowest BCUT2D eigenvalue weighted by Gasteiger charge is -2.24. The molecule has 4 heterocycles. The molecule has 8 nitrogen and oxygen atoms in total. The average Bonchev–Trinajstić information content (AvgIpc) is 3.09. The van der Waals surface area contributed by atoms with Gasteiger partial charge in [-0.15, -0.1) is 0 Å². The van der Waals surface area contributed by atoms with Gasteiger partial charge in [-0.1, -0.05) is 6.92 Å². The van der Waals surface area contributed by atoms with Gasteiger partial charge in [-0.05, 0) is 26.3 Å². The fourth-order valence-electron chi connectivity index (χ4n) is 3.48. The Morgan fingerprint density at radius 2 is 2.13 bits per heavy atom. The van der Waals surface area contributed by atoms with Gasteiger partial charge in [0.25, 0.3) is 5.56 Å². The van der Waals surface area contributed by atoms with Crippen LogP contribution in [0.25, 0.3) is 11.0 Å². The number of aromatic nitrogens is 3. The van der Waals surface area contributed by atoms with E-state index in [1.54, 1.807) is 16.8 Å². The second kappa shape index (κ2) is 4.80. The molecule has 1 unspecified atom stereocenters. The van der Waals surface area contributed by atoms with E-state index in [1.165, 1.54) is 0 Å². The summed E-state index contributed by atoms with van der Waals surface area (Å²) in [5, 5.41) is 0.470. The van der Waals surface area contributed by atoms with E-state index in [2.05, 4.69) is 9.97 Å². The van der Waals surface area contributed by atoms with E-state index in [0.29, 0.717) is 11.0 Å². The van der Waals surface area contributed by atoms with Crippen LogP contribution in [0.15, 0.2) is 17.1 Å². The number of nitrogens with zero attached hydrogens (tertiary/aromatic N) is 2. The lowest BCUT2D eigenvalue weighted by Crippen LogP contribution is -2.28. The molecule has 0 spiro atoms. The highest BCUT2D eigenvalue weighted by Crippen LogP contribution is 2.44. The number of nitrogens with one attached hydrogen (secondary N) is 1. The summed E-state index contributed by atoms with van der Waals surface area (Å²) in [6.45, 7) is 5.83. The molecule has 23 heavy (non-hydrogen) atoms. The zero-order valence-corrected chi connectivity index (χ0v) is 13.3. The zero-order valence-electron chi connectivity index (χ0n) is 13.3. The molecule has 2 aliphatic rings. The second-order valence-corrected chi connectivity index (χ2v) is 6.45. The van der Waals surface area contributed by atoms with E-state index >= 15 is 0 Å². The van der Waals surface area contributed by atoms with Gasteiger partial charge >= 0.3 is 0 Å². The van der Waals surface area contributed by atoms with E-state index < -0.39 is 12.0 Å². The standard InChI is InChI=1S/C15H20N4O4/c1-4-8-9-10(23-15(2,3)22-9)13(21-8)19-6-5-7-11(19)17-14(16)18-12(7)20/h5-6,8-10,13H,4H2,1-3H3,(H3,16,17,18,20)/t8-,9?,10+,13-/m1/s1. The van der Waals surface area contributed by atoms with Crippen molar-refractivity contribution < 1.29 is 14.2 Å². The van der Waals surface area contributed by atoms with Crippen molar-refractivity contribution in [3.8, 4) is 0 Å². The molecule has 0 aromatic carbocycles. The molecule has 4 atom stereocenters. The van der Waals surface area contributed by atoms with E-state index in [0.717, 1.165) is 6.42 Å². The molecule has 0 bridgehead atoms. The summed E-state index contributed by atoms with van der Waals surface area (Å²) >= 11 is 0. The Kier molecular flexibility index (Phi) is 3.06. The van der Waals surface area contributed by atoms with Crippen molar-refractivity contribution in [2.45, 2.75) is 57.5 Å². The number of rotatable bonds is 2. The van der Waals surface area contributed by atoms with Gasteiger partial charge in [-0.3, -0.25) is 9.78 Å². The molecule has 2 saturated heterocycles. The first-order valence-electron chi connectivity index (χ1n) is 7.77. The van der Waals surface area contributed by atoms with Gasteiger partial charge in [-0.2, -0.15) is 4.98 Å². The molecule has 2 aromatic heterocycles. The van der Waals surface area contributed by atoms with Crippen LogP contribution in [0.4, 0.5) is 5.95 Å². The molecule has 0 amide bonds. The van der Waals surface area contributed by atoms with Crippen molar-refractivity contribution in [1.29, 1.82) is 0 Å². The summed E-state index contributed by atoms with van der Waals surface area (Å²) in [6, 6.07) is 1.71. The highest BCUT2D eigenvalue weighted by Gasteiger charge is 2.55. The largest absolute Gasteiger partial charge is 0.369 e. The van der Waals surface area contributed by atoms with Crippen molar-refractivity contribution in [2.75, 3.05) is 5.73 Å². The fraction of sp³-hybridized carbons (Fsp3) is 0.600. The summed E-state index contributed by atoms with van der Waals surface area (Å²) in [5.74, 6) is -0.578. The number of ether oxygens (including phenoxy) is 3.